The molecule has 0 spiro atoms. The summed E-state index contributed by atoms with van der Waals surface area (Å²) in [5.41, 5.74) is 2.80. The lowest BCUT2D eigenvalue weighted by Crippen LogP contribution is -1.81. The molecule has 0 amide bonds. The average Bonchev–Trinajstić information content (AvgIpc) is 2.77. The van der Waals surface area contributed by atoms with E-state index in [-0.39, 0.29) is 0 Å². The van der Waals surface area contributed by atoms with Crippen LogP contribution in [0.3, 0.4) is 0 Å². The van der Waals surface area contributed by atoms with Gasteiger partial charge in [-0.25, -0.2) is 0 Å². The molecule has 1 heterocycles. The molecule has 1 aromatic heterocycles. The molecule has 0 saturated carbocycles. The first-order valence-electron chi connectivity index (χ1n) is 6.33. The van der Waals surface area contributed by atoms with Crippen molar-refractivity contribution in [1.29, 1.82) is 0 Å². The van der Waals surface area contributed by atoms with Crippen molar-refractivity contribution in [2.75, 3.05) is 0 Å². The van der Waals surface area contributed by atoms with E-state index in [0.717, 1.165) is 35.4 Å². The minimum absolute atomic E-state index is 0.775. The molecule has 2 aromatic rings. The molecule has 2 heteroatoms. The molecule has 0 radical (unpaired) electrons. The van der Waals surface area contributed by atoms with Crippen LogP contribution in [0.5, 0.6) is 0 Å². The zero-order valence-electron chi connectivity index (χ0n) is 10.9. The fourth-order valence-corrected chi connectivity index (χ4v) is 1.72. The Labute approximate surface area is 108 Å². The van der Waals surface area contributed by atoms with Crippen LogP contribution in [0, 0.1) is 18.8 Å². The zero-order valence-corrected chi connectivity index (χ0v) is 10.9. The molecule has 0 aliphatic rings. The maximum absolute atomic E-state index is 5.39. The van der Waals surface area contributed by atoms with Gasteiger partial charge >= 0.3 is 0 Å². The number of aromatic nitrogens is 1. The fraction of sp³-hybridized carbons (Fsp3) is 0.312. The largest absolute Gasteiger partial charge is 0.355 e. The van der Waals surface area contributed by atoms with E-state index in [1.807, 2.05) is 37.3 Å². The van der Waals surface area contributed by atoms with E-state index in [1.54, 1.807) is 0 Å². The standard InChI is InChI=1S/C16H17NO/c1-3-4-5-9-12-15-13(2)17-18-16(15)14-10-7-6-8-11-14/h6-8,10-11H,3-5H2,1-2H3. The molecule has 1 aromatic carbocycles. The van der Waals surface area contributed by atoms with Crippen molar-refractivity contribution < 1.29 is 4.52 Å². The van der Waals surface area contributed by atoms with Crippen molar-refractivity contribution in [1.82, 2.24) is 5.16 Å². The smallest absolute Gasteiger partial charge is 0.182 e. The van der Waals surface area contributed by atoms with Crippen molar-refractivity contribution in [2.24, 2.45) is 0 Å². The number of aryl methyl sites for hydroxylation is 1. The number of hydrogen-bond donors (Lipinski definition) is 0. The van der Waals surface area contributed by atoms with Crippen molar-refractivity contribution >= 4 is 0 Å². The summed E-state index contributed by atoms with van der Waals surface area (Å²) in [6, 6.07) is 9.98. The first-order chi connectivity index (χ1) is 8.83. The zero-order chi connectivity index (χ0) is 12.8. The normalized spacial score (nSPS) is 9.89. The molecule has 2 rings (SSSR count). The highest BCUT2D eigenvalue weighted by Crippen LogP contribution is 2.25. The Bertz CT molecular complexity index is 558. The molecular formula is C16H17NO. The predicted octanol–water partition coefficient (Wildman–Crippen LogP) is 4.19. The Morgan fingerprint density at radius 3 is 2.72 bits per heavy atom. The SMILES string of the molecule is CCCCC#Cc1c(C)noc1-c1ccccc1. The Balaban J connectivity index is 2.30. The van der Waals surface area contributed by atoms with Crippen LogP contribution in [0.15, 0.2) is 34.9 Å². The third-order valence-electron chi connectivity index (χ3n) is 2.77. The van der Waals surface area contributed by atoms with Crippen molar-refractivity contribution in [3.05, 3.63) is 41.6 Å². The van der Waals surface area contributed by atoms with Gasteiger partial charge in [0.15, 0.2) is 5.76 Å². The number of nitrogens with zero attached hydrogens (tertiary/aromatic N) is 1. The summed E-state index contributed by atoms with van der Waals surface area (Å²) in [6.07, 6.45) is 3.23. The summed E-state index contributed by atoms with van der Waals surface area (Å²) in [6.45, 7) is 4.10. The second kappa shape index (κ2) is 6.07. The van der Waals surface area contributed by atoms with Crippen molar-refractivity contribution in [3.8, 4) is 23.2 Å². The van der Waals surface area contributed by atoms with E-state index < -0.39 is 0 Å². The van der Waals surface area contributed by atoms with Crippen molar-refractivity contribution in [2.45, 2.75) is 33.1 Å². The summed E-state index contributed by atoms with van der Waals surface area (Å²) in [4.78, 5) is 0. The van der Waals surface area contributed by atoms with Crippen LogP contribution >= 0.6 is 0 Å². The second-order valence-electron chi connectivity index (χ2n) is 4.24. The van der Waals surface area contributed by atoms with Crippen LogP contribution in [-0.2, 0) is 0 Å². The lowest BCUT2D eigenvalue weighted by Gasteiger charge is -1.95. The van der Waals surface area contributed by atoms with Gasteiger partial charge in [0.1, 0.15) is 0 Å². The summed E-state index contributed by atoms with van der Waals surface area (Å²) in [7, 11) is 0. The molecular weight excluding hydrogens is 222 g/mol. The lowest BCUT2D eigenvalue weighted by molar-refractivity contribution is 0.427. The van der Waals surface area contributed by atoms with Gasteiger partial charge < -0.3 is 4.52 Å². The molecule has 0 N–H and O–H groups in total. The number of rotatable bonds is 3. The molecule has 0 atom stereocenters. The molecule has 18 heavy (non-hydrogen) atoms. The quantitative estimate of drug-likeness (QED) is 0.593. The van der Waals surface area contributed by atoms with E-state index in [2.05, 4.69) is 23.9 Å². The van der Waals surface area contributed by atoms with Crippen LogP contribution in [0.4, 0.5) is 0 Å². The summed E-state index contributed by atoms with van der Waals surface area (Å²) in [5.74, 6) is 7.15. The van der Waals surface area contributed by atoms with Gasteiger partial charge in [-0.3, -0.25) is 0 Å². The van der Waals surface area contributed by atoms with Crippen LogP contribution in [0.25, 0.3) is 11.3 Å². The molecule has 0 bridgehead atoms. The van der Waals surface area contributed by atoms with Crippen LogP contribution in [0.1, 0.15) is 37.4 Å². The fourth-order valence-electron chi connectivity index (χ4n) is 1.72. The highest BCUT2D eigenvalue weighted by molar-refractivity contribution is 5.66. The maximum Gasteiger partial charge on any atom is 0.182 e. The molecule has 0 aliphatic carbocycles. The van der Waals surface area contributed by atoms with Crippen molar-refractivity contribution in [3.63, 3.8) is 0 Å². The van der Waals surface area contributed by atoms with E-state index >= 15 is 0 Å². The summed E-state index contributed by atoms with van der Waals surface area (Å²) >= 11 is 0. The van der Waals surface area contributed by atoms with Gasteiger partial charge in [-0.1, -0.05) is 60.7 Å². The van der Waals surface area contributed by atoms with E-state index in [9.17, 15) is 0 Å². The molecule has 2 nitrogen and oxygen atoms in total. The third kappa shape index (κ3) is 2.81. The monoisotopic (exact) mass is 239 g/mol. The third-order valence-corrected chi connectivity index (χ3v) is 2.77. The number of hydrogen-bond acceptors (Lipinski definition) is 2. The minimum atomic E-state index is 0.775. The number of benzene rings is 1. The van der Waals surface area contributed by atoms with E-state index in [0.29, 0.717) is 0 Å². The highest BCUT2D eigenvalue weighted by atomic mass is 16.5. The Morgan fingerprint density at radius 1 is 1.22 bits per heavy atom. The van der Waals surface area contributed by atoms with Gasteiger partial charge in [0.05, 0.1) is 11.3 Å². The van der Waals surface area contributed by atoms with Gasteiger partial charge in [-0.2, -0.15) is 0 Å². The van der Waals surface area contributed by atoms with Crippen LogP contribution < -0.4 is 0 Å². The Morgan fingerprint density at radius 2 is 2.00 bits per heavy atom. The first kappa shape index (κ1) is 12.4. The van der Waals surface area contributed by atoms with Gasteiger partial charge in [-0.15, -0.1) is 0 Å². The topological polar surface area (TPSA) is 26.0 Å². The van der Waals surface area contributed by atoms with Gasteiger partial charge in [0, 0.05) is 12.0 Å². The number of unbranched alkanes of at least 4 members (excludes halogenated alkanes) is 2. The van der Waals surface area contributed by atoms with Crippen LogP contribution in [0.2, 0.25) is 0 Å². The van der Waals surface area contributed by atoms with Gasteiger partial charge in [-0.05, 0) is 13.3 Å². The molecule has 92 valence electrons. The van der Waals surface area contributed by atoms with Crippen LogP contribution in [-0.4, -0.2) is 5.16 Å². The minimum Gasteiger partial charge on any atom is -0.355 e. The highest BCUT2D eigenvalue weighted by Gasteiger charge is 2.12. The van der Waals surface area contributed by atoms with Gasteiger partial charge in [0.25, 0.3) is 0 Å². The van der Waals surface area contributed by atoms with Gasteiger partial charge in [0.2, 0.25) is 0 Å². The second-order valence-corrected chi connectivity index (χ2v) is 4.24. The molecule has 0 saturated heterocycles. The summed E-state index contributed by atoms with van der Waals surface area (Å²) in [5, 5.41) is 4.01. The van der Waals surface area contributed by atoms with E-state index in [4.69, 9.17) is 4.52 Å². The summed E-state index contributed by atoms with van der Waals surface area (Å²) < 4.78 is 5.39. The molecule has 0 fully saturated rings. The first-order valence-corrected chi connectivity index (χ1v) is 6.33. The Kier molecular flexibility index (Phi) is 4.20. The maximum atomic E-state index is 5.39. The van der Waals surface area contributed by atoms with E-state index in [1.165, 1.54) is 6.42 Å². The molecule has 0 unspecified atom stereocenters. The predicted molar refractivity (Wildman–Crippen MR) is 73.1 cm³/mol. The Hall–Kier alpha value is -2.01. The average molecular weight is 239 g/mol. The lowest BCUT2D eigenvalue weighted by atomic mass is 10.1. The molecule has 0 aliphatic heterocycles.